The third-order valence-corrected chi connectivity index (χ3v) is 2.75. The van der Waals surface area contributed by atoms with Crippen molar-refractivity contribution in [1.82, 2.24) is 9.97 Å². The number of nitro benzene ring substituents is 1. The molecule has 2 rings (SSSR count). The first-order valence-corrected chi connectivity index (χ1v) is 6.33. The molecule has 0 aliphatic carbocycles. The van der Waals surface area contributed by atoms with Gasteiger partial charge in [0, 0.05) is 23.4 Å². The molecule has 0 amide bonds. The van der Waals surface area contributed by atoms with Gasteiger partial charge in [0.1, 0.15) is 0 Å². The molecule has 0 radical (unpaired) electrons. The Morgan fingerprint density at radius 1 is 1.48 bits per heavy atom. The molecule has 2 aromatic rings. The van der Waals surface area contributed by atoms with E-state index >= 15 is 0 Å². The van der Waals surface area contributed by atoms with Gasteiger partial charge in [0.15, 0.2) is 5.75 Å². The number of aromatic hydroxyl groups is 1. The third-order valence-electron chi connectivity index (χ3n) is 2.75. The van der Waals surface area contributed by atoms with E-state index in [4.69, 9.17) is 4.74 Å². The highest BCUT2D eigenvalue weighted by Crippen LogP contribution is 2.36. The van der Waals surface area contributed by atoms with Crippen molar-refractivity contribution in [2.24, 2.45) is 5.10 Å². The highest BCUT2D eigenvalue weighted by molar-refractivity contribution is 5.83. The van der Waals surface area contributed by atoms with E-state index < -0.39 is 16.4 Å². The van der Waals surface area contributed by atoms with Crippen LogP contribution in [0.25, 0.3) is 0 Å². The number of aromatic amines is 1. The largest absolute Gasteiger partial charge is 0.500 e. The fourth-order valence-corrected chi connectivity index (χ4v) is 1.78. The van der Waals surface area contributed by atoms with Crippen LogP contribution < -0.4 is 15.7 Å². The number of rotatable bonds is 5. The number of hydrogen-bond donors (Lipinski definition) is 3. The highest BCUT2D eigenvalue weighted by atomic mass is 16.6. The van der Waals surface area contributed by atoms with Gasteiger partial charge in [0.2, 0.25) is 11.7 Å². The second-order valence-electron chi connectivity index (χ2n) is 4.45. The SMILES string of the molecule is COc1cc(/C=N\Nc2nc(C)cc(=O)[nH]2)cc([N+](=O)[O-])c1O. The molecule has 10 heteroatoms. The van der Waals surface area contributed by atoms with Crippen molar-refractivity contribution in [3.05, 3.63) is 49.9 Å². The van der Waals surface area contributed by atoms with Crippen LogP contribution in [0.3, 0.4) is 0 Å². The summed E-state index contributed by atoms with van der Waals surface area (Å²) < 4.78 is 4.88. The Morgan fingerprint density at radius 3 is 2.83 bits per heavy atom. The van der Waals surface area contributed by atoms with Crippen LogP contribution in [-0.2, 0) is 0 Å². The van der Waals surface area contributed by atoms with E-state index in [1.54, 1.807) is 6.92 Å². The van der Waals surface area contributed by atoms with Gasteiger partial charge in [-0.2, -0.15) is 5.10 Å². The number of hydrogen-bond acceptors (Lipinski definition) is 8. The summed E-state index contributed by atoms with van der Waals surface area (Å²) in [5, 5.41) is 24.4. The Morgan fingerprint density at radius 2 is 2.22 bits per heavy atom. The molecule has 0 bridgehead atoms. The minimum absolute atomic E-state index is 0.0530. The molecular weight excluding hydrogens is 306 g/mol. The average Bonchev–Trinajstić information content (AvgIpc) is 2.47. The molecule has 0 atom stereocenters. The number of aromatic nitrogens is 2. The smallest absolute Gasteiger partial charge is 0.315 e. The van der Waals surface area contributed by atoms with Crippen molar-refractivity contribution >= 4 is 17.9 Å². The first-order valence-electron chi connectivity index (χ1n) is 6.33. The van der Waals surface area contributed by atoms with Crippen LogP contribution in [0.4, 0.5) is 11.6 Å². The van der Waals surface area contributed by atoms with E-state index in [0.29, 0.717) is 11.3 Å². The minimum atomic E-state index is -0.734. The fraction of sp³-hybridized carbons (Fsp3) is 0.154. The monoisotopic (exact) mass is 319 g/mol. The number of benzene rings is 1. The molecule has 1 aromatic carbocycles. The van der Waals surface area contributed by atoms with E-state index in [9.17, 15) is 20.0 Å². The molecule has 120 valence electrons. The summed E-state index contributed by atoms with van der Waals surface area (Å²) in [5.74, 6) is -0.485. The lowest BCUT2D eigenvalue weighted by Crippen LogP contribution is -2.10. The molecule has 0 aliphatic heterocycles. The van der Waals surface area contributed by atoms with Crippen molar-refractivity contribution in [2.45, 2.75) is 6.92 Å². The van der Waals surface area contributed by atoms with E-state index in [0.717, 1.165) is 6.07 Å². The van der Waals surface area contributed by atoms with E-state index in [1.165, 1.54) is 25.5 Å². The third kappa shape index (κ3) is 3.81. The number of phenolic OH excluding ortho intramolecular Hbond substituents is 1. The number of phenols is 1. The van der Waals surface area contributed by atoms with Gasteiger partial charge < -0.3 is 9.84 Å². The molecule has 3 N–H and O–H groups in total. The normalized spacial score (nSPS) is 10.7. The quantitative estimate of drug-likeness (QED) is 0.426. The summed E-state index contributed by atoms with van der Waals surface area (Å²) in [6.07, 6.45) is 1.26. The van der Waals surface area contributed by atoms with Crippen molar-refractivity contribution in [2.75, 3.05) is 12.5 Å². The van der Waals surface area contributed by atoms with Gasteiger partial charge in [0.25, 0.3) is 5.56 Å². The number of ether oxygens (including phenoxy) is 1. The molecule has 0 saturated heterocycles. The molecule has 1 aromatic heterocycles. The summed E-state index contributed by atoms with van der Waals surface area (Å²) in [7, 11) is 1.28. The fourth-order valence-electron chi connectivity index (χ4n) is 1.78. The maximum absolute atomic E-state index is 11.3. The standard InChI is InChI=1S/C13H13N5O5/c1-7-3-11(19)16-13(15-7)17-14-6-8-4-9(18(21)22)12(20)10(5-8)23-2/h3-6,20H,1-2H3,(H2,15,16,17,19)/b14-6-. The Balaban J connectivity index is 2.27. The van der Waals surface area contributed by atoms with Gasteiger partial charge in [-0.25, -0.2) is 10.4 Å². The lowest BCUT2D eigenvalue weighted by atomic mass is 10.2. The zero-order valence-corrected chi connectivity index (χ0v) is 12.2. The molecule has 0 unspecified atom stereocenters. The second-order valence-corrected chi connectivity index (χ2v) is 4.45. The van der Waals surface area contributed by atoms with Gasteiger partial charge in [-0.1, -0.05) is 0 Å². The summed E-state index contributed by atoms with van der Waals surface area (Å²) >= 11 is 0. The van der Waals surface area contributed by atoms with Crippen LogP contribution in [0.1, 0.15) is 11.3 Å². The van der Waals surface area contributed by atoms with Gasteiger partial charge in [-0.15, -0.1) is 0 Å². The van der Waals surface area contributed by atoms with Crippen LogP contribution in [0.15, 0.2) is 28.1 Å². The number of nitrogens with zero attached hydrogens (tertiary/aromatic N) is 3. The predicted molar refractivity (Wildman–Crippen MR) is 82.1 cm³/mol. The van der Waals surface area contributed by atoms with E-state index in [2.05, 4.69) is 20.5 Å². The van der Waals surface area contributed by atoms with Gasteiger partial charge in [0.05, 0.1) is 18.2 Å². The molecule has 0 fully saturated rings. The molecular formula is C13H13N5O5. The van der Waals surface area contributed by atoms with Gasteiger partial charge in [-0.05, 0) is 13.0 Å². The molecule has 0 spiro atoms. The Kier molecular flexibility index (Phi) is 4.55. The number of methoxy groups -OCH3 is 1. The predicted octanol–water partition coefficient (Wildman–Crippen LogP) is 1.15. The summed E-state index contributed by atoms with van der Waals surface area (Å²) in [6, 6.07) is 3.83. The maximum atomic E-state index is 11.3. The van der Waals surface area contributed by atoms with Crippen molar-refractivity contribution in [3.8, 4) is 11.5 Å². The Bertz CT molecular complexity index is 830. The van der Waals surface area contributed by atoms with Crippen molar-refractivity contribution < 1.29 is 14.8 Å². The number of anilines is 1. The topological polar surface area (TPSA) is 143 Å². The molecule has 0 saturated carbocycles. The maximum Gasteiger partial charge on any atom is 0.315 e. The van der Waals surface area contributed by atoms with Crippen LogP contribution in [0.5, 0.6) is 11.5 Å². The number of hydrazone groups is 1. The van der Waals surface area contributed by atoms with Crippen molar-refractivity contribution in [3.63, 3.8) is 0 Å². The van der Waals surface area contributed by atoms with Crippen LogP contribution in [0.2, 0.25) is 0 Å². The number of nitrogens with one attached hydrogen (secondary N) is 2. The second kappa shape index (κ2) is 6.56. The Hall–Kier alpha value is -3.43. The molecule has 1 heterocycles. The number of H-pyrrole nitrogens is 1. The summed E-state index contributed by atoms with van der Waals surface area (Å²) in [4.78, 5) is 27.9. The summed E-state index contributed by atoms with van der Waals surface area (Å²) in [5.41, 5.74) is 2.48. The lowest BCUT2D eigenvalue weighted by molar-refractivity contribution is -0.386. The molecule has 10 nitrogen and oxygen atoms in total. The first kappa shape index (κ1) is 15.9. The molecule has 0 aliphatic rings. The number of aryl methyl sites for hydroxylation is 1. The van der Waals surface area contributed by atoms with E-state index in [1.807, 2.05) is 0 Å². The van der Waals surface area contributed by atoms with E-state index in [-0.39, 0.29) is 17.3 Å². The lowest BCUT2D eigenvalue weighted by Gasteiger charge is -2.05. The van der Waals surface area contributed by atoms with Crippen molar-refractivity contribution in [1.29, 1.82) is 0 Å². The van der Waals surface area contributed by atoms with Gasteiger partial charge >= 0.3 is 5.69 Å². The average molecular weight is 319 g/mol. The van der Waals surface area contributed by atoms with Crippen LogP contribution in [-0.4, -0.2) is 33.3 Å². The van der Waals surface area contributed by atoms with Crippen LogP contribution >= 0.6 is 0 Å². The highest BCUT2D eigenvalue weighted by Gasteiger charge is 2.19. The first-order chi connectivity index (χ1) is 10.9. The minimum Gasteiger partial charge on any atom is -0.500 e. The number of nitro groups is 1. The van der Waals surface area contributed by atoms with Gasteiger partial charge in [-0.3, -0.25) is 19.9 Å². The Labute approximate surface area is 129 Å². The summed E-state index contributed by atoms with van der Waals surface area (Å²) in [6.45, 7) is 1.65. The van der Waals surface area contributed by atoms with Crippen LogP contribution in [0, 0.1) is 17.0 Å². The zero-order valence-electron chi connectivity index (χ0n) is 12.2. The zero-order chi connectivity index (χ0) is 17.0. The molecule has 23 heavy (non-hydrogen) atoms.